The van der Waals surface area contributed by atoms with E-state index < -0.39 is 0 Å². The van der Waals surface area contributed by atoms with Crippen molar-refractivity contribution in [2.75, 3.05) is 5.75 Å². The number of hydrogen-bond acceptors (Lipinski definition) is 4. The number of thioether (sulfide) groups is 1. The Morgan fingerprint density at radius 3 is 3.00 bits per heavy atom. The van der Waals surface area contributed by atoms with Crippen molar-refractivity contribution in [2.24, 2.45) is 12.9 Å². The van der Waals surface area contributed by atoms with Crippen molar-refractivity contribution in [2.45, 2.75) is 23.8 Å². The van der Waals surface area contributed by atoms with Crippen LogP contribution in [0.2, 0.25) is 5.02 Å². The highest BCUT2D eigenvalue weighted by Gasteiger charge is 2.08. The number of nitrogens with two attached hydrogens (primary N) is 1. The molecule has 0 aliphatic carbocycles. The molecule has 1 heterocycles. The summed E-state index contributed by atoms with van der Waals surface area (Å²) in [4.78, 5) is 1.17. The zero-order valence-corrected chi connectivity index (χ0v) is 13.0. The maximum Gasteiger partial charge on any atom is 0.0521 e. The quantitative estimate of drug-likeness (QED) is 0.469. The maximum absolute atomic E-state index is 5.97. The second kappa shape index (κ2) is 7.69. The summed E-state index contributed by atoms with van der Waals surface area (Å²) in [5.74, 6) is 6.54. The molecule has 6 heteroatoms. The van der Waals surface area contributed by atoms with Crippen LogP contribution in [0.4, 0.5) is 0 Å². The third-order valence-electron chi connectivity index (χ3n) is 3.02. The van der Waals surface area contributed by atoms with Crippen molar-refractivity contribution in [3.05, 3.63) is 47.2 Å². The van der Waals surface area contributed by atoms with Gasteiger partial charge in [-0.3, -0.25) is 16.0 Å². The van der Waals surface area contributed by atoms with E-state index in [-0.39, 0.29) is 6.04 Å². The van der Waals surface area contributed by atoms with E-state index >= 15 is 0 Å². The number of halogens is 1. The van der Waals surface area contributed by atoms with Crippen LogP contribution in [0.5, 0.6) is 0 Å². The average molecular weight is 311 g/mol. The molecular formula is C14H19ClN4S. The van der Waals surface area contributed by atoms with Gasteiger partial charge >= 0.3 is 0 Å². The van der Waals surface area contributed by atoms with Crippen molar-refractivity contribution >= 4 is 23.4 Å². The first-order valence-electron chi connectivity index (χ1n) is 6.49. The van der Waals surface area contributed by atoms with Gasteiger partial charge in [-0.05, 0) is 36.6 Å². The summed E-state index contributed by atoms with van der Waals surface area (Å²) in [6.45, 7) is 0. The molecule has 108 valence electrons. The highest BCUT2D eigenvalue weighted by molar-refractivity contribution is 7.99. The number of aromatic nitrogens is 2. The summed E-state index contributed by atoms with van der Waals surface area (Å²) in [7, 11) is 1.93. The lowest BCUT2D eigenvalue weighted by molar-refractivity contribution is 0.539. The van der Waals surface area contributed by atoms with E-state index in [1.807, 2.05) is 42.3 Å². The molecule has 0 radical (unpaired) electrons. The topological polar surface area (TPSA) is 55.9 Å². The first-order chi connectivity index (χ1) is 9.67. The molecule has 0 spiro atoms. The van der Waals surface area contributed by atoms with E-state index in [0.29, 0.717) is 0 Å². The van der Waals surface area contributed by atoms with Crippen molar-refractivity contribution in [1.82, 2.24) is 15.2 Å². The van der Waals surface area contributed by atoms with Crippen LogP contribution < -0.4 is 11.3 Å². The van der Waals surface area contributed by atoms with Crippen LogP contribution in [0.25, 0.3) is 0 Å². The summed E-state index contributed by atoms with van der Waals surface area (Å²) in [6.07, 6.45) is 5.89. The zero-order valence-electron chi connectivity index (χ0n) is 11.4. The van der Waals surface area contributed by atoms with Crippen molar-refractivity contribution < 1.29 is 0 Å². The summed E-state index contributed by atoms with van der Waals surface area (Å²) in [5, 5.41) is 4.94. The fourth-order valence-corrected chi connectivity index (χ4v) is 3.21. The Hall–Kier alpha value is -1.01. The van der Waals surface area contributed by atoms with Crippen LogP contribution in [0.1, 0.15) is 12.0 Å². The average Bonchev–Trinajstić information content (AvgIpc) is 2.85. The fourth-order valence-electron chi connectivity index (χ4n) is 1.91. The molecular weight excluding hydrogens is 292 g/mol. The maximum atomic E-state index is 5.97. The Balaban J connectivity index is 1.80. The molecule has 4 nitrogen and oxygen atoms in total. The standard InChI is InChI=1S/C14H19ClN4S/c1-19-9-11(8-17-19)5-6-13(18-16)10-20-14-4-2-3-12(15)7-14/h2-4,7-9,13,18H,5-6,10,16H2,1H3. The molecule has 0 fully saturated rings. The van der Waals surface area contributed by atoms with Gasteiger partial charge in [-0.2, -0.15) is 5.10 Å². The van der Waals surface area contributed by atoms with E-state index in [0.717, 1.165) is 23.6 Å². The van der Waals surface area contributed by atoms with Crippen molar-refractivity contribution in [3.8, 4) is 0 Å². The fraction of sp³-hybridized carbons (Fsp3) is 0.357. The van der Waals surface area contributed by atoms with Crippen LogP contribution >= 0.6 is 23.4 Å². The third kappa shape index (κ3) is 4.83. The van der Waals surface area contributed by atoms with E-state index in [2.05, 4.69) is 16.6 Å². The normalized spacial score (nSPS) is 12.6. The Labute approximate surface area is 128 Å². The molecule has 20 heavy (non-hydrogen) atoms. The van der Waals surface area contributed by atoms with E-state index in [1.54, 1.807) is 11.8 Å². The number of aryl methyl sites for hydroxylation is 2. The molecule has 3 N–H and O–H groups in total. The van der Waals surface area contributed by atoms with Gasteiger partial charge < -0.3 is 0 Å². The number of nitrogens with one attached hydrogen (secondary N) is 1. The lowest BCUT2D eigenvalue weighted by Crippen LogP contribution is -2.37. The molecule has 0 aliphatic rings. The lowest BCUT2D eigenvalue weighted by atomic mass is 10.1. The smallest absolute Gasteiger partial charge is 0.0521 e. The minimum Gasteiger partial charge on any atom is -0.276 e. The Morgan fingerprint density at radius 2 is 2.35 bits per heavy atom. The van der Waals surface area contributed by atoms with Crippen LogP contribution in [-0.4, -0.2) is 21.6 Å². The summed E-state index contributed by atoms with van der Waals surface area (Å²) < 4.78 is 1.82. The minimum atomic E-state index is 0.263. The van der Waals surface area contributed by atoms with Gasteiger partial charge in [0.25, 0.3) is 0 Å². The molecule has 1 unspecified atom stereocenters. The van der Waals surface area contributed by atoms with Crippen LogP contribution in [0.15, 0.2) is 41.6 Å². The molecule has 2 aromatic rings. The SMILES string of the molecule is Cn1cc(CCC(CSc2cccc(Cl)c2)NN)cn1. The Kier molecular flexibility index (Phi) is 5.91. The molecule has 1 aromatic heterocycles. The second-order valence-corrected chi connectivity index (χ2v) is 6.22. The van der Waals surface area contributed by atoms with E-state index in [4.69, 9.17) is 17.4 Å². The summed E-state index contributed by atoms with van der Waals surface area (Å²) in [6, 6.07) is 8.14. The number of rotatable bonds is 7. The highest BCUT2D eigenvalue weighted by atomic mass is 35.5. The predicted molar refractivity (Wildman–Crippen MR) is 84.8 cm³/mol. The molecule has 1 atom stereocenters. The largest absolute Gasteiger partial charge is 0.276 e. The second-order valence-electron chi connectivity index (χ2n) is 4.69. The predicted octanol–water partition coefficient (Wildman–Crippen LogP) is 2.63. The van der Waals surface area contributed by atoms with Gasteiger partial charge in [0.2, 0.25) is 0 Å². The van der Waals surface area contributed by atoms with Gasteiger partial charge in [0.05, 0.1) is 6.20 Å². The van der Waals surface area contributed by atoms with Gasteiger partial charge in [-0.25, -0.2) is 0 Å². The Bertz CT molecular complexity index is 543. The molecule has 0 saturated heterocycles. The number of hydrogen-bond donors (Lipinski definition) is 2. The van der Waals surface area contributed by atoms with E-state index in [9.17, 15) is 0 Å². The molecule has 0 aliphatic heterocycles. The molecule has 1 aromatic carbocycles. The van der Waals surface area contributed by atoms with Crippen LogP contribution in [0, 0.1) is 0 Å². The van der Waals surface area contributed by atoms with Gasteiger partial charge in [-0.15, -0.1) is 11.8 Å². The number of nitrogens with zero attached hydrogens (tertiary/aromatic N) is 2. The number of hydrazine groups is 1. The van der Waals surface area contributed by atoms with Crippen molar-refractivity contribution in [1.29, 1.82) is 0 Å². The van der Waals surface area contributed by atoms with Crippen LogP contribution in [0.3, 0.4) is 0 Å². The zero-order chi connectivity index (χ0) is 14.4. The molecule has 0 amide bonds. The minimum absolute atomic E-state index is 0.263. The first-order valence-corrected chi connectivity index (χ1v) is 7.86. The van der Waals surface area contributed by atoms with Gasteiger partial charge in [0, 0.05) is 35.0 Å². The highest BCUT2D eigenvalue weighted by Crippen LogP contribution is 2.22. The Morgan fingerprint density at radius 1 is 1.50 bits per heavy atom. The third-order valence-corrected chi connectivity index (χ3v) is 4.41. The lowest BCUT2D eigenvalue weighted by Gasteiger charge is -2.15. The van der Waals surface area contributed by atoms with Crippen molar-refractivity contribution in [3.63, 3.8) is 0 Å². The molecule has 0 saturated carbocycles. The summed E-state index contributed by atoms with van der Waals surface area (Å²) >= 11 is 7.73. The van der Waals surface area contributed by atoms with Gasteiger partial charge in [0.1, 0.15) is 0 Å². The van der Waals surface area contributed by atoms with Gasteiger partial charge in [0.15, 0.2) is 0 Å². The summed E-state index contributed by atoms with van der Waals surface area (Å²) in [5.41, 5.74) is 4.12. The first kappa shape index (κ1) is 15.4. The molecule has 0 bridgehead atoms. The van der Waals surface area contributed by atoms with Crippen LogP contribution in [-0.2, 0) is 13.5 Å². The van der Waals surface area contributed by atoms with Gasteiger partial charge in [-0.1, -0.05) is 17.7 Å². The van der Waals surface area contributed by atoms with E-state index in [1.165, 1.54) is 10.5 Å². The monoisotopic (exact) mass is 310 g/mol. The number of benzene rings is 1. The molecule has 2 rings (SSSR count).